The van der Waals surface area contributed by atoms with Crippen molar-refractivity contribution >= 4 is 5.97 Å². The highest BCUT2D eigenvalue weighted by Gasteiger charge is 2.55. The molecular weight excluding hydrogens is 421 g/mol. The number of alkyl halides is 3. The van der Waals surface area contributed by atoms with Crippen LogP contribution in [0.1, 0.15) is 30.4 Å². The number of nitrogens with two attached hydrogens (primary N) is 1. The number of halogens is 3. The summed E-state index contributed by atoms with van der Waals surface area (Å²) in [6, 6.07) is 20.1. The molecule has 32 heavy (non-hydrogen) atoms. The quantitative estimate of drug-likeness (QED) is 0.686. The van der Waals surface area contributed by atoms with Crippen LogP contribution < -0.4 is 10.8 Å². The van der Waals surface area contributed by atoms with Crippen LogP contribution in [0.2, 0.25) is 0 Å². The van der Waals surface area contributed by atoms with E-state index in [0.29, 0.717) is 0 Å². The number of carboxylic acid groups (broad SMARTS) is 1. The van der Waals surface area contributed by atoms with E-state index in [2.05, 4.69) is 0 Å². The summed E-state index contributed by atoms with van der Waals surface area (Å²) in [5, 5.41) is 21.8. The maximum atomic E-state index is 14.7. The Kier molecular flexibility index (Phi) is 6.97. The predicted octanol–water partition coefficient (Wildman–Crippen LogP) is 2.88. The average Bonchev–Trinajstić information content (AvgIpc) is 2.80. The molecule has 3 fully saturated rings. The highest BCUT2D eigenvalue weighted by atomic mass is 19.4. The zero-order chi connectivity index (χ0) is 23.5. The molecule has 5 nitrogen and oxygen atoms in total. The Morgan fingerprint density at radius 2 is 1.31 bits per heavy atom. The van der Waals surface area contributed by atoms with Crippen LogP contribution >= 0.6 is 0 Å². The van der Waals surface area contributed by atoms with Crippen LogP contribution in [0, 0.1) is 5.41 Å². The molecule has 0 atom stereocenters. The van der Waals surface area contributed by atoms with Gasteiger partial charge in [0, 0.05) is 25.8 Å². The van der Waals surface area contributed by atoms with E-state index in [1.165, 1.54) is 0 Å². The van der Waals surface area contributed by atoms with Crippen LogP contribution in [0.25, 0.3) is 0 Å². The fraction of sp³-hybridized carbons (Fsp3) is 0.458. The minimum atomic E-state index is -5.08. The topological polar surface area (TPSA) is 86.4 Å². The molecule has 0 spiro atoms. The first-order valence-electron chi connectivity index (χ1n) is 10.8. The number of fused-ring (bicyclic) bond motifs is 3. The minimum absolute atomic E-state index is 0.190. The van der Waals surface area contributed by atoms with Crippen LogP contribution in [0.4, 0.5) is 13.2 Å². The van der Waals surface area contributed by atoms with E-state index < -0.39 is 17.7 Å². The molecule has 0 saturated carbocycles. The Morgan fingerprint density at radius 3 is 1.62 bits per heavy atom. The first-order valence-corrected chi connectivity index (χ1v) is 10.8. The van der Waals surface area contributed by atoms with Crippen molar-refractivity contribution in [3.8, 4) is 0 Å². The first kappa shape index (κ1) is 24.2. The number of rotatable bonds is 5. The number of nitrogens with zero attached hydrogens (tertiary/aromatic N) is 1. The molecule has 0 radical (unpaired) electrons. The van der Waals surface area contributed by atoms with Crippen LogP contribution in [-0.4, -0.2) is 54.5 Å². The fourth-order valence-corrected chi connectivity index (χ4v) is 5.33. The number of benzene rings is 2. The van der Waals surface area contributed by atoms with Crippen molar-refractivity contribution in [2.24, 2.45) is 11.1 Å². The standard InChI is InChI=1S/C22H28N2O.C2HF3O2/c23-14-18-24-15-11-21(12-16-24,13-17-24)22(25,19-7-3-1-4-8-19)20-9-5-2-6-10-20;3-2(4,5)1(6)7/h1-10H,11-18,23H2;(H,6,7). The van der Waals surface area contributed by atoms with E-state index in [4.69, 9.17) is 15.6 Å². The van der Waals surface area contributed by atoms with E-state index in [1.807, 2.05) is 60.7 Å². The van der Waals surface area contributed by atoms with Crippen LogP contribution in [-0.2, 0) is 10.4 Å². The summed E-state index contributed by atoms with van der Waals surface area (Å²) in [6.07, 6.45) is -2.08. The smallest absolute Gasteiger partial charge is 0.490 e. The molecule has 2 aromatic carbocycles. The lowest BCUT2D eigenvalue weighted by Crippen LogP contribution is -2.70. The van der Waals surface area contributed by atoms with E-state index in [1.54, 1.807) is 0 Å². The Labute approximate surface area is 185 Å². The average molecular weight is 451 g/mol. The summed E-state index contributed by atoms with van der Waals surface area (Å²) in [5.74, 6) is -2.76. The normalized spacial score (nSPS) is 25.0. The van der Waals surface area contributed by atoms with Gasteiger partial charge in [0.25, 0.3) is 0 Å². The summed E-state index contributed by atoms with van der Waals surface area (Å²) in [6.45, 7) is 5.09. The van der Waals surface area contributed by atoms with Gasteiger partial charge < -0.3 is 20.4 Å². The lowest BCUT2D eigenvalue weighted by molar-refractivity contribution is -0.946. The Balaban J connectivity index is 0.000000360. The third kappa shape index (κ3) is 4.53. The van der Waals surface area contributed by atoms with E-state index in [-0.39, 0.29) is 5.41 Å². The van der Waals surface area contributed by atoms with Gasteiger partial charge in [-0.15, -0.1) is 0 Å². The van der Waals surface area contributed by atoms with Gasteiger partial charge >= 0.3 is 12.1 Å². The van der Waals surface area contributed by atoms with Gasteiger partial charge in [0.1, 0.15) is 0 Å². The maximum Gasteiger partial charge on any atom is 0.490 e. The maximum absolute atomic E-state index is 14.7. The van der Waals surface area contributed by atoms with Gasteiger partial charge in [0.15, 0.2) is 0 Å². The molecule has 2 bridgehead atoms. The van der Waals surface area contributed by atoms with Gasteiger partial charge in [-0.25, -0.2) is 4.79 Å². The van der Waals surface area contributed by atoms with Crippen molar-refractivity contribution < 1.29 is 32.7 Å². The summed E-state index contributed by atoms with van der Waals surface area (Å²) in [7, 11) is 0. The van der Waals surface area contributed by atoms with E-state index in [0.717, 1.165) is 67.6 Å². The third-order valence-corrected chi connectivity index (χ3v) is 7.15. The molecule has 2 aromatic rings. The van der Waals surface area contributed by atoms with Gasteiger partial charge in [0.05, 0.1) is 26.2 Å². The van der Waals surface area contributed by atoms with E-state index in [9.17, 15) is 18.3 Å². The number of carbonyl (C=O) groups is 1. The Bertz CT molecular complexity index is 840. The second-order valence-corrected chi connectivity index (χ2v) is 8.77. The number of aliphatic carboxylic acids is 1. The van der Waals surface area contributed by atoms with Gasteiger partial charge in [0.2, 0.25) is 0 Å². The Morgan fingerprint density at radius 1 is 0.938 bits per heavy atom. The zero-order valence-electron chi connectivity index (χ0n) is 17.9. The molecule has 3 aliphatic heterocycles. The van der Waals surface area contributed by atoms with Crippen LogP contribution in [0.3, 0.4) is 0 Å². The number of piperidine rings is 3. The first-order chi connectivity index (χ1) is 15.1. The summed E-state index contributed by atoms with van der Waals surface area (Å²) < 4.78 is 32.9. The number of carboxylic acids is 1. The lowest BCUT2D eigenvalue weighted by atomic mass is 9.56. The van der Waals surface area contributed by atoms with Crippen LogP contribution in [0.15, 0.2) is 60.7 Å². The van der Waals surface area contributed by atoms with Crippen molar-refractivity contribution in [1.29, 1.82) is 0 Å². The third-order valence-electron chi connectivity index (χ3n) is 7.15. The largest absolute Gasteiger partial charge is 0.842 e. The number of hydrogen-bond donors (Lipinski definition) is 2. The van der Waals surface area contributed by atoms with Crippen molar-refractivity contribution in [2.45, 2.75) is 31.0 Å². The van der Waals surface area contributed by atoms with Crippen molar-refractivity contribution in [1.82, 2.24) is 0 Å². The molecule has 3 N–H and O–H groups in total. The second-order valence-electron chi connectivity index (χ2n) is 8.77. The zero-order valence-corrected chi connectivity index (χ0v) is 17.9. The number of hydrogen-bond acceptors (Lipinski definition) is 3. The second kappa shape index (κ2) is 9.21. The highest BCUT2D eigenvalue weighted by molar-refractivity contribution is 5.73. The molecule has 174 valence electrons. The molecule has 3 saturated heterocycles. The summed E-state index contributed by atoms with van der Waals surface area (Å²) in [4.78, 5) is 8.90. The molecule has 0 unspecified atom stereocenters. The lowest BCUT2D eigenvalue weighted by Gasteiger charge is -2.65. The van der Waals surface area contributed by atoms with Crippen molar-refractivity contribution in [3.63, 3.8) is 0 Å². The SMILES string of the molecule is NCC[N+]12CCC(C([O-])(c3ccccc3)c3ccccc3)(CC1)CC2.O=C(O)C(F)(F)F. The molecular formula is C24H29F3N2O3. The summed E-state index contributed by atoms with van der Waals surface area (Å²) in [5.41, 5.74) is 6.34. The highest BCUT2D eigenvalue weighted by Crippen LogP contribution is 2.55. The van der Waals surface area contributed by atoms with E-state index >= 15 is 0 Å². The molecule has 5 rings (SSSR count). The minimum Gasteiger partial charge on any atom is -0.842 e. The Hall–Kier alpha value is -2.42. The molecule has 0 aliphatic carbocycles. The fourth-order valence-electron chi connectivity index (χ4n) is 5.33. The van der Waals surface area contributed by atoms with Gasteiger partial charge in [-0.3, -0.25) is 0 Å². The van der Waals surface area contributed by atoms with Gasteiger partial charge in [-0.2, -0.15) is 13.2 Å². The molecule has 0 amide bonds. The molecule has 0 aromatic heterocycles. The molecule has 3 heterocycles. The molecule has 8 heteroatoms. The van der Waals surface area contributed by atoms with Crippen molar-refractivity contribution in [3.05, 3.63) is 71.8 Å². The predicted molar refractivity (Wildman–Crippen MR) is 112 cm³/mol. The van der Waals surface area contributed by atoms with Crippen LogP contribution in [0.5, 0.6) is 0 Å². The molecule has 3 aliphatic rings. The number of quaternary nitrogens is 1. The van der Waals surface area contributed by atoms with Gasteiger partial charge in [-0.05, 0) is 5.41 Å². The van der Waals surface area contributed by atoms with Crippen molar-refractivity contribution in [2.75, 3.05) is 32.7 Å². The monoisotopic (exact) mass is 450 g/mol. The summed E-state index contributed by atoms with van der Waals surface area (Å²) >= 11 is 0. The van der Waals surface area contributed by atoms with Gasteiger partial charge in [-0.1, -0.05) is 77.4 Å².